The summed E-state index contributed by atoms with van der Waals surface area (Å²) in [6.45, 7) is 6.92. The fourth-order valence-corrected chi connectivity index (χ4v) is 4.13. The Labute approximate surface area is 130 Å². The normalized spacial score (nSPS) is 33.3. The predicted molar refractivity (Wildman–Crippen MR) is 82.5 cm³/mol. The van der Waals surface area contributed by atoms with Gasteiger partial charge in [0.1, 0.15) is 0 Å². The van der Waals surface area contributed by atoms with E-state index >= 15 is 0 Å². The molecule has 1 aromatic rings. The summed E-state index contributed by atoms with van der Waals surface area (Å²) < 4.78 is 12.2. The molecule has 5 heteroatoms. The van der Waals surface area contributed by atoms with Gasteiger partial charge in [0.2, 0.25) is 0 Å². The molecule has 2 atom stereocenters. The minimum atomic E-state index is 0.0548. The summed E-state index contributed by atoms with van der Waals surface area (Å²) in [5.74, 6) is 0.842. The number of nitrogens with zero attached hydrogens (tertiary/aromatic N) is 2. The van der Waals surface area contributed by atoms with Crippen LogP contribution in [-0.4, -0.2) is 47.9 Å². The zero-order chi connectivity index (χ0) is 14.3. The minimum Gasteiger partial charge on any atom is -0.375 e. The first-order valence-corrected chi connectivity index (χ1v) is 8.98. The maximum atomic E-state index is 6.16. The standard InChI is InChI=1S/C16H24N2O2S/c1-12-17-14(10-21-12)7-18-5-4-16(11-18)6-15(9-20-16)19-8-13-2-3-13/h10,13,15H,2-9,11H2,1H3. The van der Waals surface area contributed by atoms with Crippen LogP contribution in [0.4, 0.5) is 0 Å². The van der Waals surface area contributed by atoms with Gasteiger partial charge in [-0.2, -0.15) is 0 Å². The Morgan fingerprint density at radius 1 is 1.52 bits per heavy atom. The third-order valence-electron chi connectivity index (χ3n) is 4.89. The van der Waals surface area contributed by atoms with E-state index in [0.717, 1.165) is 56.6 Å². The second kappa shape index (κ2) is 5.61. The molecule has 0 radical (unpaired) electrons. The second-order valence-corrected chi connectivity index (χ2v) is 7.98. The van der Waals surface area contributed by atoms with Gasteiger partial charge in [-0.3, -0.25) is 4.90 Å². The lowest BCUT2D eigenvalue weighted by Gasteiger charge is -2.23. The highest BCUT2D eigenvalue weighted by Gasteiger charge is 2.46. The Morgan fingerprint density at radius 3 is 3.19 bits per heavy atom. The summed E-state index contributed by atoms with van der Waals surface area (Å²) in [7, 11) is 0. The van der Waals surface area contributed by atoms with Gasteiger partial charge in [-0.25, -0.2) is 4.98 Å². The highest BCUT2D eigenvalue weighted by Crippen LogP contribution is 2.38. The summed E-state index contributed by atoms with van der Waals surface area (Å²) >= 11 is 1.74. The Kier molecular flexibility index (Phi) is 3.78. The largest absolute Gasteiger partial charge is 0.375 e. The molecule has 0 N–H and O–H groups in total. The SMILES string of the molecule is Cc1nc(CN2CCC3(CC(OCC4CC4)CO3)C2)cs1. The van der Waals surface area contributed by atoms with Crippen molar-refractivity contribution >= 4 is 11.3 Å². The average Bonchev–Trinajstić information content (AvgIpc) is 2.88. The van der Waals surface area contributed by atoms with Crippen LogP contribution >= 0.6 is 11.3 Å². The molecule has 3 aliphatic rings. The van der Waals surface area contributed by atoms with Crippen molar-refractivity contribution in [2.24, 2.45) is 5.92 Å². The molecule has 3 fully saturated rings. The lowest BCUT2D eigenvalue weighted by atomic mass is 9.98. The van der Waals surface area contributed by atoms with Gasteiger partial charge in [0.15, 0.2) is 0 Å². The molecule has 1 aromatic heterocycles. The van der Waals surface area contributed by atoms with Crippen LogP contribution in [0.1, 0.15) is 36.4 Å². The van der Waals surface area contributed by atoms with Crippen molar-refractivity contribution in [1.82, 2.24) is 9.88 Å². The lowest BCUT2D eigenvalue weighted by Crippen LogP contribution is -2.33. The van der Waals surface area contributed by atoms with Crippen molar-refractivity contribution in [2.45, 2.75) is 50.9 Å². The molecule has 4 rings (SSSR count). The van der Waals surface area contributed by atoms with Crippen molar-refractivity contribution in [3.63, 3.8) is 0 Å². The highest BCUT2D eigenvalue weighted by molar-refractivity contribution is 7.09. The first-order valence-electron chi connectivity index (χ1n) is 8.10. The number of likely N-dealkylation sites (tertiary alicyclic amines) is 1. The molecule has 4 nitrogen and oxygen atoms in total. The van der Waals surface area contributed by atoms with Crippen LogP contribution in [0.15, 0.2) is 5.38 Å². The van der Waals surface area contributed by atoms with Gasteiger partial charge < -0.3 is 9.47 Å². The monoisotopic (exact) mass is 308 g/mol. The van der Waals surface area contributed by atoms with Crippen LogP contribution in [0.5, 0.6) is 0 Å². The molecular formula is C16H24N2O2S. The van der Waals surface area contributed by atoms with Crippen molar-refractivity contribution in [2.75, 3.05) is 26.3 Å². The van der Waals surface area contributed by atoms with Crippen molar-refractivity contribution in [3.8, 4) is 0 Å². The summed E-state index contributed by atoms with van der Waals surface area (Å²) in [6, 6.07) is 0. The van der Waals surface area contributed by atoms with E-state index in [4.69, 9.17) is 9.47 Å². The minimum absolute atomic E-state index is 0.0548. The number of aryl methyl sites for hydroxylation is 1. The van der Waals surface area contributed by atoms with Gasteiger partial charge in [0, 0.05) is 38.0 Å². The Hall–Kier alpha value is -0.490. The summed E-state index contributed by atoms with van der Waals surface area (Å²) in [4.78, 5) is 7.06. The van der Waals surface area contributed by atoms with Crippen LogP contribution in [0.2, 0.25) is 0 Å². The molecular weight excluding hydrogens is 284 g/mol. The fourth-order valence-electron chi connectivity index (χ4n) is 3.52. The first kappa shape index (κ1) is 14.1. The molecule has 1 aliphatic carbocycles. The van der Waals surface area contributed by atoms with Gasteiger partial charge in [-0.15, -0.1) is 11.3 Å². The van der Waals surface area contributed by atoms with Crippen LogP contribution < -0.4 is 0 Å². The molecule has 1 spiro atoms. The van der Waals surface area contributed by atoms with Crippen LogP contribution in [-0.2, 0) is 16.0 Å². The van der Waals surface area contributed by atoms with Crippen LogP contribution in [0.3, 0.4) is 0 Å². The predicted octanol–water partition coefficient (Wildman–Crippen LogP) is 2.61. The third kappa shape index (κ3) is 3.31. The maximum Gasteiger partial charge on any atom is 0.0897 e. The lowest BCUT2D eigenvalue weighted by molar-refractivity contribution is 0.000810. The maximum absolute atomic E-state index is 6.16. The molecule has 3 heterocycles. The highest BCUT2D eigenvalue weighted by atomic mass is 32.1. The zero-order valence-electron chi connectivity index (χ0n) is 12.7. The summed E-state index contributed by atoms with van der Waals surface area (Å²) in [5.41, 5.74) is 1.26. The van der Waals surface area contributed by atoms with Crippen molar-refractivity contribution < 1.29 is 9.47 Å². The molecule has 2 unspecified atom stereocenters. The van der Waals surface area contributed by atoms with Crippen LogP contribution in [0.25, 0.3) is 0 Å². The molecule has 21 heavy (non-hydrogen) atoms. The van der Waals surface area contributed by atoms with E-state index < -0.39 is 0 Å². The van der Waals surface area contributed by atoms with Gasteiger partial charge in [0.05, 0.1) is 29.0 Å². The Bertz CT molecular complexity index is 502. The fraction of sp³-hybridized carbons (Fsp3) is 0.812. The number of aromatic nitrogens is 1. The van der Waals surface area contributed by atoms with Gasteiger partial charge in [-0.05, 0) is 32.1 Å². The number of thiazole rings is 1. The quantitative estimate of drug-likeness (QED) is 0.837. The molecule has 0 amide bonds. The third-order valence-corrected chi connectivity index (χ3v) is 5.71. The van der Waals surface area contributed by atoms with E-state index in [2.05, 4.69) is 22.2 Å². The van der Waals surface area contributed by atoms with Gasteiger partial charge in [0.25, 0.3) is 0 Å². The van der Waals surface area contributed by atoms with E-state index in [0.29, 0.717) is 6.10 Å². The molecule has 0 bridgehead atoms. The number of hydrogen-bond acceptors (Lipinski definition) is 5. The molecule has 1 saturated carbocycles. The number of hydrogen-bond donors (Lipinski definition) is 0. The van der Waals surface area contributed by atoms with Gasteiger partial charge >= 0.3 is 0 Å². The van der Waals surface area contributed by atoms with Gasteiger partial charge in [-0.1, -0.05) is 0 Å². The number of ether oxygens (including phenoxy) is 2. The Balaban J connectivity index is 1.28. The molecule has 2 saturated heterocycles. The average molecular weight is 308 g/mol. The summed E-state index contributed by atoms with van der Waals surface area (Å²) in [5, 5.41) is 3.33. The molecule has 2 aliphatic heterocycles. The van der Waals surface area contributed by atoms with E-state index in [-0.39, 0.29) is 5.60 Å². The van der Waals surface area contributed by atoms with Crippen molar-refractivity contribution in [1.29, 1.82) is 0 Å². The Morgan fingerprint density at radius 2 is 2.43 bits per heavy atom. The summed E-state index contributed by atoms with van der Waals surface area (Å²) in [6.07, 6.45) is 5.26. The molecule has 0 aromatic carbocycles. The van der Waals surface area contributed by atoms with Crippen molar-refractivity contribution in [3.05, 3.63) is 16.1 Å². The van der Waals surface area contributed by atoms with Crippen LogP contribution in [0, 0.1) is 12.8 Å². The van der Waals surface area contributed by atoms with E-state index in [9.17, 15) is 0 Å². The van der Waals surface area contributed by atoms with E-state index in [1.54, 1.807) is 11.3 Å². The second-order valence-electron chi connectivity index (χ2n) is 6.92. The van der Waals surface area contributed by atoms with E-state index in [1.807, 2.05) is 0 Å². The smallest absolute Gasteiger partial charge is 0.0897 e. The number of rotatable bonds is 5. The first-order chi connectivity index (χ1) is 10.2. The van der Waals surface area contributed by atoms with E-state index in [1.165, 1.54) is 18.5 Å². The molecule has 116 valence electrons. The topological polar surface area (TPSA) is 34.6 Å². The zero-order valence-corrected chi connectivity index (χ0v) is 13.5.